The zero-order chi connectivity index (χ0) is 6.99. The average molecular weight is 124 g/mol. The maximum atomic E-state index is 10.6. The van der Waals surface area contributed by atoms with Crippen LogP contribution in [0.3, 0.4) is 0 Å². The Balaban J connectivity index is 0. The summed E-state index contributed by atoms with van der Waals surface area (Å²) in [4.78, 5) is 0. The molecule has 0 aliphatic rings. The molecular weight excluding hydrogens is 117 g/mol. The van der Waals surface area contributed by atoms with Gasteiger partial charge in [0.15, 0.2) is 0 Å². The molecule has 3 heteroatoms. The fourth-order valence-corrected chi connectivity index (χ4v) is 0. The standard InChI is InChI=1S/C3H5F.C2H2F2/c1-2-3-4;1-2(3)4/h2H,1,3H2;1H2. The van der Waals surface area contributed by atoms with E-state index >= 15 is 0 Å². The highest BCUT2D eigenvalue weighted by Gasteiger charge is 1.65. The molecular formula is C5H7F3. The Morgan fingerprint density at radius 2 is 1.62 bits per heavy atom. The summed E-state index contributed by atoms with van der Waals surface area (Å²) in [6.45, 7) is 4.91. The lowest BCUT2D eigenvalue weighted by atomic mass is 10.7. The van der Waals surface area contributed by atoms with E-state index < -0.39 is 12.8 Å². The summed E-state index contributed by atoms with van der Waals surface area (Å²) in [5.41, 5.74) is 0. The minimum Gasteiger partial charge on any atom is -0.247 e. The first kappa shape index (κ1) is 10.3. The summed E-state index contributed by atoms with van der Waals surface area (Å²) in [6, 6.07) is 0. The zero-order valence-electron chi connectivity index (χ0n) is 4.33. The van der Waals surface area contributed by atoms with E-state index in [0.29, 0.717) is 0 Å². The van der Waals surface area contributed by atoms with E-state index in [1.165, 1.54) is 6.08 Å². The van der Waals surface area contributed by atoms with Crippen molar-refractivity contribution in [2.75, 3.05) is 6.67 Å². The van der Waals surface area contributed by atoms with Crippen LogP contribution in [-0.4, -0.2) is 6.67 Å². The smallest absolute Gasteiger partial charge is 0.247 e. The lowest BCUT2D eigenvalue weighted by Crippen LogP contribution is -1.48. The highest BCUT2D eigenvalue weighted by atomic mass is 19.3. The first-order valence-electron chi connectivity index (χ1n) is 1.82. The Morgan fingerprint density at radius 3 is 1.62 bits per heavy atom. The summed E-state index contributed by atoms with van der Waals surface area (Å²) in [5, 5.41) is 0. The number of hydrogen-bond acceptors (Lipinski definition) is 0. The predicted molar refractivity (Wildman–Crippen MR) is 27.5 cm³/mol. The molecule has 0 spiro atoms. The lowest BCUT2D eigenvalue weighted by Gasteiger charge is -1.54. The van der Waals surface area contributed by atoms with Gasteiger partial charge in [0.25, 0.3) is 6.08 Å². The molecule has 0 aliphatic heterocycles. The second-order valence-corrected chi connectivity index (χ2v) is 0.782. The van der Waals surface area contributed by atoms with Gasteiger partial charge in [-0.2, -0.15) is 8.78 Å². The van der Waals surface area contributed by atoms with Crippen molar-refractivity contribution in [3.05, 3.63) is 25.3 Å². The van der Waals surface area contributed by atoms with Gasteiger partial charge in [0, 0.05) is 0 Å². The van der Waals surface area contributed by atoms with Crippen molar-refractivity contribution in [3.63, 3.8) is 0 Å². The summed E-state index contributed by atoms with van der Waals surface area (Å²) < 4.78 is 30.9. The van der Waals surface area contributed by atoms with Crippen molar-refractivity contribution < 1.29 is 13.2 Å². The molecule has 0 unspecified atom stereocenters. The monoisotopic (exact) mass is 124 g/mol. The Hall–Kier alpha value is -0.730. The molecule has 0 amide bonds. The van der Waals surface area contributed by atoms with Crippen LogP contribution in [-0.2, 0) is 0 Å². The fourth-order valence-electron chi connectivity index (χ4n) is 0. The minimum absolute atomic E-state index is 0.417. The van der Waals surface area contributed by atoms with Crippen molar-refractivity contribution in [3.8, 4) is 0 Å². The van der Waals surface area contributed by atoms with E-state index in [2.05, 4.69) is 13.2 Å². The van der Waals surface area contributed by atoms with E-state index in [1.807, 2.05) is 0 Å². The molecule has 0 radical (unpaired) electrons. The molecule has 0 aliphatic carbocycles. The van der Waals surface area contributed by atoms with Crippen LogP contribution in [0.1, 0.15) is 0 Å². The molecule has 0 saturated carbocycles. The number of halogens is 3. The molecule has 0 fully saturated rings. The van der Waals surface area contributed by atoms with Crippen LogP contribution in [0.2, 0.25) is 0 Å². The second-order valence-electron chi connectivity index (χ2n) is 0.782. The number of hydrogen-bond donors (Lipinski definition) is 0. The molecule has 0 atom stereocenters. The number of alkyl halides is 1. The molecule has 0 rings (SSSR count). The maximum Gasteiger partial charge on any atom is 0.263 e. The molecule has 0 aromatic heterocycles. The molecule has 0 heterocycles. The van der Waals surface area contributed by atoms with Gasteiger partial charge in [0.1, 0.15) is 6.67 Å². The Labute approximate surface area is 46.3 Å². The van der Waals surface area contributed by atoms with Crippen LogP contribution in [0.5, 0.6) is 0 Å². The van der Waals surface area contributed by atoms with Gasteiger partial charge < -0.3 is 0 Å². The first-order valence-corrected chi connectivity index (χ1v) is 1.82. The van der Waals surface area contributed by atoms with Gasteiger partial charge in [-0.3, -0.25) is 0 Å². The van der Waals surface area contributed by atoms with Crippen LogP contribution in [0, 0.1) is 0 Å². The highest BCUT2D eigenvalue weighted by molar-refractivity contribution is 4.61. The summed E-state index contributed by atoms with van der Waals surface area (Å²) in [6.07, 6.45) is -0.625. The Bertz CT molecular complexity index is 64.1. The molecule has 0 aromatic carbocycles. The van der Waals surface area contributed by atoms with Crippen LogP contribution in [0.4, 0.5) is 13.2 Å². The Kier molecular flexibility index (Phi) is 12.3. The van der Waals surface area contributed by atoms with Crippen molar-refractivity contribution in [2.45, 2.75) is 0 Å². The molecule has 0 saturated heterocycles. The summed E-state index contributed by atoms with van der Waals surface area (Å²) in [5.74, 6) is 0. The van der Waals surface area contributed by atoms with Gasteiger partial charge >= 0.3 is 0 Å². The summed E-state index contributed by atoms with van der Waals surface area (Å²) >= 11 is 0. The van der Waals surface area contributed by atoms with E-state index in [0.717, 1.165) is 0 Å². The third-order valence-electron chi connectivity index (χ3n) is 0.109. The molecule has 0 bridgehead atoms. The second kappa shape index (κ2) is 9.55. The topological polar surface area (TPSA) is 0 Å². The predicted octanol–water partition coefficient (Wildman–Crippen LogP) is 2.54. The summed E-state index contributed by atoms with van der Waals surface area (Å²) in [7, 11) is 0. The third kappa shape index (κ3) is 1320. The molecule has 0 aromatic rings. The van der Waals surface area contributed by atoms with E-state index in [1.54, 1.807) is 0 Å². The van der Waals surface area contributed by atoms with Crippen molar-refractivity contribution in [1.82, 2.24) is 0 Å². The SMILES string of the molecule is C=C(F)F.C=CCF. The van der Waals surface area contributed by atoms with Gasteiger partial charge in [0.05, 0.1) is 0 Å². The van der Waals surface area contributed by atoms with Crippen LogP contribution >= 0.6 is 0 Å². The molecule has 0 nitrogen and oxygen atoms in total. The Morgan fingerprint density at radius 1 is 1.50 bits per heavy atom. The zero-order valence-corrected chi connectivity index (χ0v) is 4.33. The lowest BCUT2D eigenvalue weighted by molar-refractivity contribution is 0.426. The third-order valence-corrected chi connectivity index (χ3v) is 0.109. The van der Waals surface area contributed by atoms with Crippen LogP contribution in [0.15, 0.2) is 25.3 Å². The van der Waals surface area contributed by atoms with E-state index in [4.69, 9.17) is 0 Å². The largest absolute Gasteiger partial charge is 0.263 e. The van der Waals surface area contributed by atoms with Gasteiger partial charge in [-0.25, -0.2) is 4.39 Å². The molecule has 48 valence electrons. The van der Waals surface area contributed by atoms with Crippen molar-refractivity contribution in [1.29, 1.82) is 0 Å². The van der Waals surface area contributed by atoms with Gasteiger partial charge in [-0.1, -0.05) is 6.08 Å². The average Bonchev–Trinajstić information content (AvgIpc) is 1.65. The number of rotatable bonds is 1. The quantitative estimate of drug-likeness (QED) is 0.471. The van der Waals surface area contributed by atoms with E-state index in [-0.39, 0.29) is 0 Å². The molecule has 0 N–H and O–H groups in total. The maximum absolute atomic E-state index is 10.6. The van der Waals surface area contributed by atoms with Gasteiger partial charge in [0.2, 0.25) is 0 Å². The molecule has 8 heavy (non-hydrogen) atoms. The number of allylic oxidation sites excluding steroid dienone is 1. The van der Waals surface area contributed by atoms with Gasteiger partial charge in [-0.15, -0.1) is 6.58 Å². The van der Waals surface area contributed by atoms with Crippen molar-refractivity contribution in [2.24, 2.45) is 0 Å². The van der Waals surface area contributed by atoms with Crippen LogP contribution in [0.25, 0.3) is 0 Å². The van der Waals surface area contributed by atoms with Crippen LogP contribution < -0.4 is 0 Å². The van der Waals surface area contributed by atoms with Gasteiger partial charge in [-0.05, 0) is 6.58 Å². The normalized spacial score (nSPS) is 6.38. The van der Waals surface area contributed by atoms with E-state index in [9.17, 15) is 13.2 Å². The first-order chi connectivity index (χ1) is 3.65. The minimum atomic E-state index is -1.83. The van der Waals surface area contributed by atoms with Crippen molar-refractivity contribution >= 4 is 0 Å². The highest BCUT2D eigenvalue weighted by Crippen LogP contribution is 1.85. The fraction of sp³-hybridized carbons (Fsp3) is 0.200.